The fourth-order valence-corrected chi connectivity index (χ4v) is 4.42. The normalized spacial score (nSPS) is 15.9. The van der Waals surface area contributed by atoms with Gasteiger partial charge in [0, 0.05) is 27.9 Å². The molecular weight excluding hydrogens is 511 g/mol. The van der Waals surface area contributed by atoms with Crippen molar-refractivity contribution in [1.29, 1.82) is 0 Å². The fraction of sp³-hybridized carbons (Fsp3) is 0.269. The first-order valence-corrected chi connectivity index (χ1v) is 11.8. The SMILES string of the molecule is CCC(C(=O)Nc1ccc(C(N)=O)cc1)n1cc2c(cc1=O)-c1cc(Cl)ccc1CC(C(F)(F)F)CO2. The molecule has 0 aliphatic carbocycles. The summed E-state index contributed by atoms with van der Waals surface area (Å²) in [4.78, 5) is 37.5. The zero-order valence-corrected chi connectivity index (χ0v) is 20.4. The molecule has 2 atom stereocenters. The quantitative estimate of drug-likeness (QED) is 0.483. The minimum atomic E-state index is -4.50. The number of pyridine rings is 1. The van der Waals surface area contributed by atoms with Crippen molar-refractivity contribution in [1.82, 2.24) is 4.57 Å². The second kappa shape index (κ2) is 10.3. The number of halogens is 4. The third kappa shape index (κ3) is 5.64. The number of carbonyl (C=O) groups excluding carboxylic acids is 2. The summed E-state index contributed by atoms with van der Waals surface area (Å²) >= 11 is 6.13. The summed E-state index contributed by atoms with van der Waals surface area (Å²) in [5.41, 5.74) is 6.39. The van der Waals surface area contributed by atoms with Crippen LogP contribution < -0.4 is 21.3 Å². The van der Waals surface area contributed by atoms with Crippen molar-refractivity contribution in [3.05, 3.63) is 81.2 Å². The van der Waals surface area contributed by atoms with Crippen LogP contribution in [-0.2, 0) is 11.2 Å². The lowest BCUT2D eigenvalue weighted by Gasteiger charge is -2.27. The van der Waals surface area contributed by atoms with Gasteiger partial charge in [0.15, 0.2) is 0 Å². The van der Waals surface area contributed by atoms with E-state index in [0.717, 1.165) is 4.57 Å². The van der Waals surface area contributed by atoms with Gasteiger partial charge in [0.1, 0.15) is 18.4 Å². The lowest BCUT2D eigenvalue weighted by atomic mass is 9.91. The molecule has 0 fully saturated rings. The van der Waals surface area contributed by atoms with Crippen LogP contribution in [0, 0.1) is 5.92 Å². The predicted octanol–water partition coefficient (Wildman–Crippen LogP) is 4.97. The van der Waals surface area contributed by atoms with E-state index in [9.17, 15) is 27.6 Å². The maximum atomic E-state index is 13.7. The van der Waals surface area contributed by atoms with Crippen LogP contribution in [0.3, 0.4) is 0 Å². The van der Waals surface area contributed by atoms with Gasteiger partial charge >= 0.3 is 6.18 Å². The number of fused-ring (bicyclic) bond motifs is 3. The molecule has 1 aliphatic heterocycles. The number of aromatic nitrogens is 1. The molecule has 2 amide bonds. The number of rotatable bonds is 5. The number of benzene rings is 2. The minimum absolute atomic E-state index is 0.0362. The summed E-state index contributed by atoms with van der Waals surface area (Å²) in [6.07, 6.45) is -3.35. The van der Waals surface area contributed by atoms with Crippen molar-refractivity contribution in [3.63, 3.8) is 0 Å². The van der Waals surface area contributed by atoms with E-state index in [1.165, 1.54) is 54.7 Å². The van der Waals surface area contributed by atoms with Crippen molar-refractivity contribution in [2.24, 2.45) is 11.7 Å². The molecule has 0 spiro atoms. The van der Waals surface area contributed by atoms with Crippen molar-refractivity contribution < 1.29 is 27.5 Å². The summed E-state index contributed by atoms with van der Waals surface area (Å²) in [7, 11) is 0. The van der Waals surface area contributed by atoms with E-state index in [1.54, 1.807) is 6.92 Å². The number of nitrogens with zero attached hydrogens (tertiary/aromatic N) is 1. The van der Waals surface area contributed by atoms with Gasteiger partial charge < -0.3 is 15.8 Å². The third-order valence-corrected chi connectivity index (χ3v) is 6.47. The number of amides is 2. The number of ether oxygens (including phenoxy) is 1. The third-order valence-electron chi connectivity index (χ3n) is 6.24. The number of nitrogens with one attached hydrogen (secondary N) is 1. The Labute approximate surface area is 215 Å². The highest BCUT2D eigenvalue weighted by atomic mass is 35.5. The Morgan fingerprint density at radius 2 is 1.86 bits per heavy atom. The highest BCUT2D eigenvalue weighted by Gasteiger charge is 2.41. The molecule has 11 heteroatoms. The van der Waals surface area contributed by atoms with E-state index >= 15 is 0 Å². The Morgan fingerprint density at radius 3 is 2.49 bits per heavy atom. The van der Waals surface area contributed by atoms with Gasteiger partial charge in [-0.15, -0.1) is 0 Å². The number of carbonyl (C=O) groups is 2. The molecule has 0 saturated heterocycles. The maximum absolute atomic E-state index is 13.7. The number of nitrogens with two attached hydrogens (primary N) is 1. The molecule has 1 aromatic heterocycles. The van der Waals surface area contributed by atoms with Gasteiger partial charge in [0.05, 0.1) is 12.1 Å². The first kappa shape index (κ1) is 26.3. The molecule has 0 radical (unpaired) electrons. The van der Waals surface area contributed by atoms with Gasteiger partial charge in [-0.05, 0) is 60.4 Å². The first-order chi connectivity index (χ1) is 17.5. The maximum Gasteiger partial charge on any atom is 0.395 e. The smallest absolute Gasteiger partial charge is 0.395 e. The minimum Gasteiger partial charge on any atom is -0.491 e. The average molecular weight is 534 g/mol. The zero-order chi connectivity index (χ0) is 26.9. The summed E-state index contributed by atoms with van der Waals surface area (Å²) in [6, 6.07) is 10.7. The highest BCUT2D eigenvalue weighted by Crippen LogP contribution is 2.40. The topological polar surface area (TPSA) is 103 Å². The Bertz CT molecular complexity index is 1400. The van der Waals surface area contributed by atoms with E-state index in [4.69, 9.17) is 22.1 Å². The lowest BCUT2D eigenvalue weighted by Crippen LogP contribution is -2.34. The van der Waals surface area contributed by atoms with Crippen LogP contribution in [0.2, 0.25) is 5.02 Å². The van der Waals surface area contributed by atoms with Crippen LogP contribution >= 0.6 is 11.6 Å². The van der Waals surface area contributed by atoms with Crippen LogP contribution in [-0.4, -0.2) is 29.2 Å². The van der Waals surface area contributed by atoms with Gasteiger partial charge in [-0.25, -0.2) is 0 Å². The molecule has 194 valence electrons. The number of primary amides is 1. The van der Waals surface area contributed by atoms with Crippen LogP contribution in [0.1, 0.15) is 35.3 Å². The van der Waals surface area contributed by atoms with Gasteiger partial charge in [0.25, 0.3) is 5.56 Å². The fourth-order valence-electron chi connectivity index (χ4n) is 4.25. The van der Waals surface area contributed by atoms with Crippen LogP contribution in [0.15, 0.2) is 59.5 Å². The molecule has 0 bridgehead atoms. The summed E-state index contributed by atoms with van der Waals surface area (Å²) in [5.74, 6) is -2.88. The van der Waals surface area contributed by atoms with Gasteiger partial charge in [-0.2, -0.15) is 13.2 Å². The standard InChI is InChI=1S/C26H23ClF3N3O4/c1-2-21(25(36)32-18-7-4-14(5-8-18)24(31)35)33-12-22-20(11-23(33)34)19-10-17(27)6-3-15(19)9-16(13-37-22)26(28,29)30/h3-8,10-12,16,21H,2,9,13H2,1H3,(H2,31,35)(H,32,36). The molecule has 3 N–H and O–H groups in total. The van der Waals surface area contributed by atoms with Crippen molar-refractivity contribution in [2.75, 3.05) is 11.9 Å². The monoisotopic (exact) mass is 533 g/mol. The van der Waals surface area contributed by atoms with E-state index in [2.05, 4.69) is 5.32 Å². The second-order valence-corrected chi connectivity index (χ2v) is 9.14. The Hall–Kier alpha value is -3.79. The second-order valence-electron chi connectivity index (χ2n) is 8.71. The van der Waals surface area contributed by atoms with Crippen molar-refractivity contribution in [2.45, 2.75) is 32.0 Å². The van der Waals surface area contributed by atoms with Crippen LogP contribution in [0.25, 0.3) is 11.1 Å². The van der Waals surface area contributed by atoms with Crippen molar-refractivity contribution >= 4 is 29.1 Å². The number of hydrogen-bond donors (Lipinski definition) is 2. The number of hydrogen-bond acceptors (Lipinski definition) is 4. The zero-order valence-electron chi connectivity index (χ0n) is 19.6. The van der Waals surface area contributed by atoms with E-state index in [1.807, 2.05) is 0 Å². The van der Waals surface area contributed by atoms with E-state index in [-0.39, 0.29) is 24.2 Å². The van der Waals surface area contributed by atoms with Gasteiger partial charge in [-0.3, -0.25) is 19.0 Å². The molecule has 0 saturated carbocycles. The van der Waals surface area contributed by atoms with E-state index < -0.39 is 42.1 Å². The number of alkyl halides is 3. The van der Waals surface area contributed by atoms with E-state index in [0.29, 0.717) is 27.4 Å². The molecule has 2 unspecified atom stereocenters. The molecule has 3 aromatic rings. The lowest BCUT2D eigenvalue weighted by molar-refractivity contribution is -0.181. The molecule has 4 rings (SSSR count). The van der Waals surface area contributed by atoms with Crippen molar-refractivity contribution in [3.8, 4) is 16.9 Å². The Balaban J connectivity index is 1.72. The molecule has 2 heterocycles. The van der Waals surface area contributed by atoms with Crippen LogP contribution in [0.5, 0.6) is 5.75 Å². The highest BCUT2D eigenvalue weighted by molar-refractivity contribution is 6.30. The number of anilines is 1. The molecule has 1 aliphatic rings. The van der Waals surface area contributed by atoms with Gasteiger partial charge in [-0.1, -0.05) is 24.6 Å². The first-order valence-electron chi connectivity index (χ1n) is 11.4. The molecule has 2 aromatic carbocycles. The summed E-state index contributed by atoms with van der Waals surface area (Å²) < 4.78 is 47.7. The van der Waals surface area contributed by atoms with Crippen LogP contribution in [0.4, 0.5) is 18.9 Å². The molecule has 7 nitrogen and oxygen atoms in total. The average Bonchev–Trinajstić information content (AvgIpc) is 2.82. The largest absolute Gasteiger partial charge is 0.491 e. The summed E-state index contributed by atoms with van der Waals surface area (Å²) in [6.45, 7) is 1.05. The molecule has 37 heavy (non-hydrogen) atoms. The van der Waals surface area contributed by atoms with Gasteiger partial charge in [0.2, 0.25) is 11.8 Å². The Morgan fingerprint density at radius 1 is 1.16 bits per heavy atom. The predicted molar refractivity (Wildman–Crippen MR) is 133 cm³/mol. The molecular formula is C26H23ClF3N3O4. The summed E-state index contributed by atoms with van der Waals surface area (Å²) in [5, 5.41) is 2.98. The Kier molecular flexibility index (Phi) is 7.31.